The zero-order valence-electron chi connectivity index (χ0n) is 11.8. The predicted molar refractivity (Wildman–Crippen MR) is 78.2 cm³/mol. The highest BCUT2D eigenvalue weighted by Crippen LogP contribution is 2.39. The molecule has 23 heavy (non-hydrogen) atoms. The number of nitrogens with zero attached hydrogens (tertiary/aromatic N) is 1. The number of anilines is 1. The topological polar surface area (TPSA) is 168 Å². The molecule has 0 spiro atoms. The molecule has 1 aliphatic rings. The van der Waals surface area contributed by atoms with Gasteiger partial charge in [0, 0.05) is 12.1 Å². The van der Waals surface area contributed by atoms with Gasteiger partial charge in [-0.25, -0.2) is 13.6 Å². The molecule has 1 aromatic rings. The van der Waals surface area contributed by atoms with E-state index in [0.29, 0.717) is 0 Å². The Kier molecular flexibility index (Phi) is 4.48. The van der Waals surface area contributed by atoms with E-state index in [1.165, 1.54) is 0 Å². The highest BCUT2D eigenvalue weighted by Gasteiger charge is 2.31. The van der Waals surface area contributed by atoms with Crippen molar-refractivity contribution >= 4 is 31.5 Å². The lowest BCUT2D eigenvalue weighted by molar-refractivity contribution is -0.384. The van der Waals surface area contributed by atoms with E-state index in [2.05, 4.69) is 9.50 Å². The molecule has 1 aromatic carbocycles. The van der Waals surface area contributed by atoms with Crippen molar-refractivity contribution in [3.05, 3.63) is 22.2 Å². The van der Waals surface area contributed by atoms with E-state index in [9.17, 15) is 26.9 Å². The van der Waals surface area contributed by atoms with E-state index in [0.717, 1.165) is 19.2 Å². The van der Waals surface area contributed by atoms with Crippen LogP contribution in [-0.4, -0.2) is 47.3 Å². The van der Waals surface area contributed by atoms with Gasteiger partial charge < -0.3 is 10.1 Å². The van der Waals surface area contributed by atoms with E-state index in [-0.39, 0.29) is 18.0 Å². The Morgan fingerprint density at radius 1 is 1.43 bits per heavy atom. The Labute approximate surface area is 131 Å². The fourth-order valence-corrected chi connectivity index (χ4v) is 3.34. The Morgan fingerprint density at radius 3 is 2.61 bits per heavy atom. The molecule has 0 fully saturated rings. The summed E-state index contributed by atoms with van der Waals surface area (Å²) in [5, 5.41) is 18.8. The van der Waals surface area contributed by atoms with Gasteiger partial charge in [-0.15, -0.1) is 0 Å². The van der Waals surface area contributed by atoms with Crippen LogP contribution in [0.5, 0.6) is 5.75 Å². The number of nitrogens with one attached hydrogen (secondary N) is 1. The molecule has 1 aliphatic heterocycles. The summed E-state index contributed by atoms with van der Waals surface area (Å²) >= 11 is 0. The minimum atomic E-state index is -4.17. The maximum Gasteiger partial charge on any atom is 0.297 e. The van der Waals surface area contributed by atoms with Crippen LogP contribution in [0, 0.1) is 10.1 Å². The smallest absolute Gasteiger partial charge is 0.297 e. The number of hydrogen-bond donors (Lipinski definition) is 2. The molecule has 0 saturated heterocycles. The van der Waals surface area contributed by atoms with Gasteiger partial charge >= 0.3 is 0 Å². The van der Waals surface area contributed by atoms with Gasteiger partial charge in [0.05, 0.1) is 28.7 Å². The summed E-state index contributed by atoms with van der Waals surface area (Å²) in [4.78, 5) is 9.83. The molecule has 11 nitrogen and oxygen atoms in total. The van der Waals surface area contributed by atoms with Gasteiger partial charge in [-0.1, -0.05) is 0 Å². The number of ether oxygens (including phenoxy) is 1. The molecular weight excluding hydrogens is 354 g/mol. The number of hydrogen-bond acceptors (Lipinski definition) is 9. The van der Waals surface area contributed by atoms with Crippen molar-refractivity contribution < 1.29 is 30.7 Å². The van der Waals surface area contributed by atoms with Crippen molar-refractivity contribution in [2.45, 2.75) is 10.9 Å². The summed E-state index contributed by atoms with van der Waals surface area (Å²) in [5.41, 5.74) is -0.712. The number of benzene rings is 1. The number of rotatable bonds is 5. The fraction of sp³-hybridized carbons (Fsp3) is 0.400. The molecule has 0 saturated carbocycles. The van der Waals surface area contributed by atoms with Crippen molar-refractivity contribution in [3.63, 3.8) is 0 Å². The molecule has 0 aliphatic carbocycles. The van der Waals surface area contributed by atoms with Crippen LogP contribution in [0.1, 0.15) is 0 Å². The minimum absolute atomic E-state index is 0.103. The van der Waals surface area contributed by atoms with Gasteiger partial charge in [0.1, 0.15) is 6.61 Å². The van der Waals surface area contributed by atoms with E-state index < -0.39 is 47.4 Å². The molecular formula is C10H13N3O8S2. The Hall–Kier alpha value is -1.96. The largest absolute Gasteiger partial charge is 0.489 e. The molecule has 0 bridgehead atoms. The molecule has 0 amide bonds. The zero-order valence-corrected chi connectivity index (χ0v) is 13.4. The van der Waals surface area contributed by atoms with Crippen molar-refractivity contribution in [3.8, 4) is 5.75 Å². The lowest BCUT2D eigenvalue weighted by Gasteiger charge is -2.26. The summed E-state index contributed by atoms with van der Waals surface area (Å²) < 4.78 is 55.2. The second-order valence-electron chi connectivity index (χ2n) is 4.66. The fourth-order valence-electron chi connectivity index (χ4n) is 1.98. The first kappa shape index (κ1) is 17.4. The number of sulfonamides is 1. The summed E-state index contributed by atoms with van der Waals surface area (Å²) in [5.74, 6) is -0.578. The van der Waals surface area contributed by atoms with E-state index in [1.807, 2.05) is 0 Å². The van der Waals surface area contributed by atoms with Gasteiger partial charge in [0.2, 0.25) is 10.0 Å². The van der Waals surface area contributed by atoms with Crippen molar-refractivity contribution in [2.75, 3.05) is 24.8 Å². The number of nitro groups is 1. The summed E-state index contributed by atoms with van der Waals surface area (Å²) in [6.07, 6.45) is 0. The number of nitrogens with two attached hydrogens (primary N) is 1. The van der Waals surface area contributed by atoms with Crippen LogP contribution in [-0.2, 0) is 24.3 Å². The monoisotopic (exact) mass is 367 g/mol. The number of primary sulfonamides is 1. The first-order chi connectivity index (χ1) is 10.5. The lowest BCUT2D eigenvalue weighted by atomic mass is 10.2. The predicted octanol–water partition coefficient (Wildman–Crippen LogP) is -0.609. The molecule has 0 aromatic heterocycles. The SMILES string of the molecule is COS(=O)(=O)C[C@H]1COc2cc(S(N)(=O)=O)cc([N+](=O)[O-])c2N1. The van der Waals surface area contributed by atoms with Crippen LogP contribution in [0.2, 0.25) is 0 Å². The highest BCUT2D eigenvalue weighted by molar-refractivity contribution is 7.89. The summed E-state index contributed by atoms with van der Waals surface area (Å²) in [6.45, 7) is -0.152. The van der Waals surface area contributed by atoms with Gasteiger partial charge in [0.25, 0.3) is 15.8 Å². The zero-order chi connectivity index (χ0) is 17.4. The van der Waals surface area contributed by atoms with Crippen molar-refractivity contribution in [1.82, 2.24) is 0 Å². The molecule has 128 valence electrons. The minimum Gasteiger partial charge on any atom is -0.489 e. The molecule has 13 heteroatoms. The summed E-state index contributed by atoms with van der Waals surface area (Å²) in [6, 6.07) is 1.01. The Morgan fingerprint density at radius 2 is 2.09 bits per heavy atom. The molecule has 0 unspecified atom stereocenters. The first-order valence-electron chi connectivity index (χ1n) is 6.06. The molecule has 2 rings (SSSR count). The maximum atomic E-state index is 11.4. The van der Waals surface area contributed by atoms with Gasteiger partial charge in [-0.2, -0.15) is 8.42 Å². The van der Waals surface area contributed by atoms with E-state index in [4.69, 9.17) is 9.88 Å². The molecule has 1 atom stereocenters. The maximum absolute atomic E-state index is 11.4. The highest BCUT2D eigenvalue weighted by atomic mass is 32.2. The van der Waals surface area contributed by atoms with Crippen LogP contribution < -0.4 is 15.2 Å². The molecule has 1 heterocycles. The molecule has 3 N–H and O–H groups in total. The number of nitro benzene ring substituents is 1. The van der Waals surface area contributed by atoms with E-state index >= 15 is 0 Å². The summed E-state index contributed by atoms with van der Waals surface area (Å²) in [7, 11) is -6.99. The van der Waals surface area contributed by atoms with Crippen LogP contribution in [0.25, 0.3) is 0 Å². The van der Waals surface area contributed by atoms with Gasteiger partial charge in [-0.05, 0) is 0 Å². The third kappa shape index (κ3) is 3.87. The van der Waals surface area contributed by atoms with E-state index in [1.54, 1.807) is 0 Å². The average molecular weight is 367 g/mol. The standard InChI is InChI=1S/C10H13N3O8S2/c1-20-22(16,17)5-6-4-21-9-3-7(23(11,18)19)2-8(13(14)15)10(9)12-6/h2-3,6,12H,4-5H2,1H3,(H2,11,18,19)/t6-/m1/s1. The van der Waals surface area contributed by atoms with Crippen molar-refractivity contribution in [1.29, 1.82) is 0 Å². The normalized spacial score (nSPS) is 17.7. The third-order valence-corrected chi connectivity index (χ3v) is 5.24. The second kappa shape index (κ2) is 5.92. The third-order valence-electron chi connectivity index (χ3n) is 3.03. The Balaban J connectivity index is 2.45. The van der Waals surface area contributed by atoms with Crippen molar-refractivity contribution in [2.24, 2.45) is 5.14 Å². The quantitative estimate of drug-likeness (QED) is 0.392. The first-order valence-corrected chi connectivity index (χ1v) is 9.19. The van der Waals surface area contributed by atoms with Gasteiger partial charge in [0.15, 0.2) is 11.4 Å². The van der Waals surface area contributed by atoms with Crippen LogP contribution in [0.3, 0.4) is 0 Å². The molecule has 0 radical (unpaired) electrons. The second-order valence-corrected chi connectivity index (χ2v) is 8.00. The van der Waals surface area contributed by atoms with Gasteiger partial charge in [-0.3, -0.25) is 14.3 Å². The van der Waals surface area contributed by atoms with Crippen LogP contribution in [0.4, 0.5) is 11.4 Å². The Bertz CT molecular complexity index is 849. The lowest BCUT2D eigenvalue weighted by Crippen LogP contribution is -2.38. The number of fused-ring (bicyclic) bond motifs is 1. The van der Waals surface area contributed by atoms with Crippen LogP contribution in [0.15, 0.2) is 17.0 Å². The average Bonchev–Trinajstić information content (AvgIpc) is 2.44. The van der Waals surface area contributed by atoms with Crippen LogP contribution >= 0.6 is 0 Å².